The number of allylic oxidation sites excluding steroid dienone is 2. The van der Waals surface area contributed by atoms with Crippen molar-refractivity contribution in [3.63, 3.8) is 0 Å². The van der Waals surface area contributed by atoms with Crippen LogP contribution in [0.2, 0.25) is 0 Å². The van der Waals surface area contributed by atoms with Crippen molar-refractivity contribution < 1.29 is 10.4 Å². The van der Waals surface area contributed by atoms with Gasteiger partial charge in [0, 0.05) is 6.21 Å². The average Bonchev–Trinajstić information content (AvgIpc) is 2.98. The fourth-order valence-corrected chi connectivity index (χ4v) is 7.76. The molecule has 0 aliphatic heterocycles. The maximum absolute atomic E-state index is 9.19. The molecular weight excluding hydrogens is 324 g/mol. The zero-order valence-corrected chi connectivity index (χ0v) is 16.5. The fourth-order valence-electron chi connectivity index (χ4n) is 7.76. The van der Waals surface area contributed by atoms with Gasteiger partial charge in [0.2, 0.25) is 0 Å². The highest BCUT2D eigenvalue weighted by molar-refractivity contribution is 5.96. The van der Waals surface area contributed by atoms with Gasteiger partial charge in [-0.1, -0.05) is 31.5 Å². The predicted molar refractivity (Wildman–Crippen MR) is 104 cm³/mol. The number of rotatable bonds is 2. The average molecular weight is 359 g/mol. The van der Waals surface area contributed by atoms with E-state index in [0.29, 0.717) is 22.7 Å². The van der Waals surface area contributed by atoms with E-state index in [4.69, 9.17) is 5.21 Å². The van der Waals surface area contributed by atoms with Crippen LogP contribution in [-0.4, -0.2) is 22.3 Å². The minimum Gasteiger partial charge on any atom is -0.411 e. The highest BCUT2D eigenvalue weighted by Crippen LogP contribution is 2.67. The van der Waals surface area contributed by atoms with Gasteiger partial charge in [-0.3, -0.25) is 0 Å². The lowest BCUT2D eigenvalue weighted by Crippen LogP contribution is -2.51. The van der Waals surface area contributed by atoms with Crippen LogP contribution in [0.15, 0.2) is 22.0 Å². The first-order chi connectivity index (χ1) is 12.4. The SMILES string of the molecule is C[C@@H](/C=N\O)[C@H]1CC[C@H]2[C@@H]3CCC4=C/C(=N/O)CC[C@]4(C)[C@H]3CC[C@]12C. The van der Waals surface area contributed by atoms with Crippen molar-refractivity contribution in [3.05, 3.63) is 11.6 Å². The van der Waals surface area contributed by atoms with Crippen molar-refractivity contribution in [2.45, 2.75) is 72.1 Å². The molecular formula is C22H34N2O2. The molecule has 2 N–H and O–H groups in total. The molecule has 4 aliphatic rings. The summed E-state index contributed by atoms with van der Waals surface area (Å²) in [5.74, 6) is 3.42. The molecule has 0 radical (unpaired) electrons. The Bertz CT molecular complexity index is 655. The second-order valence-electron chi connectivity index (χ2n) is 9.95. The molecule has 4 rings (SSSR count). The van der Waals surface area contributed by atoms with Crippen LogP contribution in [0.5, 0.6) is 0 Å². The molecule has 0 aromatic carbocycles. The Labute approximate surface area is 157 Å². The Morgan fingerprint density at radius 3 is 2.62 bits per heavy atom. The van der Waals surface area contributed by atoms with Crippen molar-refractivity contribution in [2.75, 3.05) is 0 Å². The van der Waals surface area contributed by atoms with Crippen LogP contribution in [0.1, 0.15) is 72.1 Å². The molecule has 3 fully saturated rings. The first kappa shape index (κ1) is 18.1. The normalized spacial score (nSPS) is 48.0. The van der Waals surface area contributed by atoms with Gasteiger partial charge in [-0.2, -0.15) is 0 Å². The van der Waals surface area contributed by atoms with Gasteiger partial charge in [-0.25, -0.2) is 0 Å². The molecule has 144 valence electrons. The number of hydrogen-bond donors (Lipinski definition) is 2. The summed E-state index contributed by atoms with van der Waals surface area (Å²) in [5, 5.41) is 25.0. The quantitative estimate of drug-likeness (QED) is 0.389. The summed E-state index contributed by atoms with van der Waals surface area (Å²) < 4.78 is 0. The Morgan fingerprint density at radius 2 is 1.88 bits per heavy atom. The molecule has 0 spiro atoms. The lowest BCUT2D eigenvalue weighted by atomic mass is 9.46. The van der Waals surface area contributed by atoms with Gasteiger partial charge >= 0.3 is 0 Å². The number of fused-ring (bicyclic) bond motifs is 5. The Kier molecular flexibility index (Phi) is 4.44. The molecule has 4 aliphatic carbocycles. The summed E-state index contributed by atoms with van der Waals surface area (Å²) in [6.07, 6.45) is 13.7. The molecule has 0 unspecified atom stereocenters. The molecule has 0 aromatic rings. The number of oxime groups is 2. The molecule has 26 heavy (non-hydrogen) atoms. The Hall–Kier alpha value is -1.32. The summed E-state index contributed by atoms with van der Waals surface area (Å²) in [6, 6.07) is 0. The van der Waals surface area contributed by atoms with Gasteiger partial charge in [0.15, 0.2) is 0 Å². The maximum atomic E-state index is 9.19. The third kappa shape index (κ3) is 2.47. The second kappa shape index (κ2) is 6.38. The smallest absolute Gasteiger partial charge is 0.0795 e. The van der Waals surface area contributed by atoms with E-state index in [9.17, 15) is 5.21 Å². The van der Waals surface area contributed by atoms with Crippen LogP contribution in [0, 0.1) is 40.4 Å². The summed E-state index contributed by atoms with van der Waals surface area (Å²) >= 11 is 0. The van der Waals surface area contributed by atoms with Gasteiger partial charge in [0.05, 0.1) is 5.71 Å². The topological polar surface area (TPSA) is 65.2 Å². The van der Waals surface area contributed by atoms with Crippen molar-refractivity contribution in [1.82, 2.24) is 0 Å². The summed E-state index contributed by atoms with van der Waals surface area (Å²) in [5.41, 5.74) is 3.10. The van der Waals surface area contributed by atoms with Gasteiger partial charge in [0.25, 0.3) is 0 Å². The molecule has 0 aromatic heterocycles. The molecule has 3 saturated carbocycles. The van der Waals surface area contributed by atoms with Crippen molar-refractivity contribution in [1.29, 1.82) is 0 Å². The monoisotopic (exact) mass is 358 g/mol. The molecule has 0 heterocycles. The Balaban J connectivity index is 1.62. The van der Waals surface area contributed by atoms with E-state index in [2.05, 4.69) is 37.2 Å². The lowest BCUT2D eigenvalue weighted by molar-refractivity contribution is -0.0526. The van der Waals surface area contributed by atoms with Gasteiger partial charge in [-0.05, 0) is 97.9 Å². The summed E-state index contributed by atoms with van der Waals surface area (Å²) in [4.78, 5) is 0. The maximum Gasteiger partial charge on any atom is 0.0795 e. The molecule has 0 saturated heterocycles. The van der Waals surface area contributed by atoms with E-state index in [-0.39, 0.29) is 0 Å². The second-order valence-corrected chi connectivity index (χ2v) is 9.95. The van der Waals surface area contributed by atoms with Crippen molar-refractivity contribution >= 4 is 11.9 Å². The van der Waals surface area contributed by atoms with Crippen LogP contribution >= 0.6 is 0 Å². The van der Waals surface area contributed by atoms with Gasteiger partial charge in [0.1, 0.15) is 0 Å². The van der Waals surface area contributed by atoms with Gasteiger partial charge < -0.3 is 10.4 Å². The first-order valence-electron chi connectivity index (χ1n) is 10.5. The summed E-state index contributed by atoms with van der Waals surface area (Å²) in [6.45, 7) is 7.24. The van der Waals surface area contributed by atoms with E-state index in [1.807, 2.05) is 0 Å². The number of nitrogens with zero attached hydrogens (tertiary/aromatic N) is 2. The molecule has 4 nitrogen and oxygen atoms in total. The van der Waals surface area contributed by atoms with Crippen molar-refractivity contribution in [3.8, 4) is 0 Å². The van der Waals surface area contributed by atoms with E-state index in [1.54, 1.807) is 6.21 Å². The fraction of sp³-hybridized carbons (Fsp3) is 0.818. The highest BCUT2D eigenvalue weighted by Gasteiger charge is 2.59. The molecule has 0 bridgehead atoms. The zero-order valence-electron chi connectivity index (χ0n) is 16.5. The zero-order chi connectivity index (χ0) is 18.5. The third-order valence-electron chi connectivity index (χ3n) is 9.12. The van der Waals surface area contributed by atoms with E-state index < -0.39 is 0 Å². The first-order valence-corrected chi connectivity index (χ1v) is 10.5. The minimum absolute atomic E-state index is 0.300. The van der Waals surface area contributed by atoms with E-state index >= 15 is 0 Å². The van der Waals surface area contributed by atoms with Crippen LogP contribution in [0.3, 0.4) is 0 Å². The molecule has 7 atom stereocenters. The lowest BCUT2D eigenvalue weighted by Gasteiger charge is -2.58. The van der Waals surface area contributed by atoms with E-state index in [0.717, 1.165) is 36.3 Å². The van der Waals surface area contributed by atoms with Crippen molar-refractivity contribution in [2.24, 2.45) is 50.7 Å². The Morgan fingerprint density at radius 1 is 1.08 bits per heavy atom. The van der Waals surface area contributed by atoms with Gasteiger partial charge in [-0.15, -0.1) is 5.16 Å². The molecule has 0 amide bonds. The number of hydrogen-bond acceptors (Lipinski definition) is 4. The predicted octanol–water partition coefficient (Wildman–Crippen LogP) is 5.49. The third-order valence-corrected chi connectivity index (χ3v) is 9.12. The van der Waals surface area contributed by atoms with Crippen LogP contribution in [0.4, 0.5) is 0 Å². The standard InChI is InChI=1S/C22H34N2O2/c1-14(13-23-25)18-6-7-19-17-5-4-15-12-16(24-26)8-10-21(15,2)20(17)9-11-22(18,19)3/h12-14,17-20,25-26H,4-11H2,1-3H3/b23-13-,24-16+/t14-,17-,18+,19-,20-,21-,22+/m0/s1. The largest absolute Gasteiger partial charge is 0.411 e. The van der Waals surface area contributed by atoms with Crippen LogP contribution in [-0.2, 0) is 0 Å². The molecule has 4 heteroatoms. The highest BCUT2D eigenvalue weighted by atomic mass is 16.4. The van der Waals surface area contributed by atoms with E-state index in [1.165, 1.54) is 44.1 Å². The van der Waals surface area contributed by atoms with Crippen LogP contribution < -0.4 is 0 Å². The summed E-state index contributed by atoms with van der Waals surface area (Å²) in [7, 11) is 0. The minimum atomic E-state index is 0.300. The van der Waals surface area contributed by atoms with Crippen LogP contribution in [0.25, 0.3) is 0 Å².